The first kappa shape index (κ1) is 10.2. The van der Waals surface area contributed by atoms with Gasteiger partial charge < -0.3 is 10.1 Å². The van der Waals surface area contributed by atoms with Crippen LogP contribution in [0.5, 0.6) is 0 Å². The van der Waals surface area contributed by atoms with Crippen LogP contribution < -0.4 is 5.32 Å². The summed E-state index contributed by atoms with van der Waals surface area (Å²) >= 11 is 1.70. The van der Waals surface area contributed by atoms with E-state index in [1.165, 1.54) is 10.9 Å². The third-order valence-corrected chi connectivity index (χ3v) is 3.99. The molecule has 0 spiro atoms. The average Bonchev–Trinajstić information content (AvgIpc) is 2.73. The van der Waals surface area contributed by atoms with Gasteiger partial charge in [-0.05, 0) is 29.7 Å². The largest absolute Gasteiger partial charge is 0.378 e. The van der Waals surface area contributed by atoms with E-state index in [1.807, 2.05) is 6.07 Å². The summed E-state index contributed by atoms with van der Waals surface area (Å²) in [5.41, 5.74) is 0. The highest BCUT2D eigenvalue weighted by atomic mass is 32.1. The monoisotopic (exact) mass is 237 g/mol. The molecule has 2 nitrogen and oxygen atoms in total. The SMILES string of the molecule is Fc1ccc2sc(C3COCCN3)cc2c1. The molecule has 0 bridgehead atoms. The number of ether oxygens (including phenoxy) is 1. The third kappa shape index (κ3) is 1.84. The lowest BCUT2D eigenvalue weighted by Gasteiger charge is -2.22. The number of benzene rings is 1. The van der Waals surface area contributed by atoms with Gasteiger partial charge in [0.15, 0.2) is 0 Å². The minimum absolute atomic E-state index is 0.176. The van der Waals surface area contributed by atoms with Crippen LogP contribution in [0.25, 0.3) is 10.1 Å². The number of halogens is 1. The Kier molecular flexibility index (Phi) is 2.63. The number of fused-ring (bicyclic) bond motifs is 1. The van der Waals surface area contributed by atoms with Crippen molar-refractivity contribution in [1.82, 2.24) is 5.32 Å². The van der Waals surface area contributed by atoms with Gasteiger partial charge >= 0.3 is 0 Å². The van der Waals surface area contributed by atoms with E-state index < -0.39 is 0 Å². The van der Waals surface area contributed by atoms with Crippen molar-refractivity contribution in [3.63, 3.8) is 0 Å². The fourth-order valence-corrected chi connectivity index (χ4v) is 3.06. The molecule has 84 valence electrons. The van der Waals surface area contributed by atoms with Gasteiger partial charge in [-0.2, -0.15) is 0 Å². The molecule has 1 aromatic carbocycles. The Morgan fingerprint density at radius 1 is 1.38 bits per heavy atom. The summed E-state index contributed by atoms with van der Waals surface area (Å²) in [4.78, 5) is 1.22. The Morgan fingerprint density at radius 2 is 2.31 bits per heavy atom. The number of thiophene rings is 1. The summed E-state index contributed by atoms with van der Waals surface area (Å²) in [7, 11) is 0. The predicted molar refractivity (Wildman–Crippen MR) is 63.3 cm³/mol. The molecule has 2 aromatic rings. The van der Waals surface area contributed by atoms with Crippen LogP contribution in [0.2, 0.25) is 0 Å². The van der Waals surface area contributed by atoms with Gasteiger partial charge in [0.25, 0.3) is 0 Å². The highest BCUT2D eigenvalue weighted by Gasteiger charge is 2.17. The number of rotatable bonds is 1. The summed E-state index contributed by atoms with van der Waals surface area (Å²) < 4.78 is 19.6. The molecule has 2 heterocycles. The van der Waals surface area contributed by atoms with Gasteiger partial charge in [0.05, 0.1) is 19.3 Å². The molecule has 1 atom stereocenters. The molecule has 1 aliphatic rings. The second-order valence-corrected chi connectivity index (χ2v) is 5.03. The molecule has 0 amide bonds. The summed E-state index contributed by atoms with van der Waals surface area (Å²) in [5, 5.41) is 4.38. The van der Waals surface area contributed by atoms with Crippen molar-refractivity contribution in [3.8, 4) is 0 Å². The topological polar surface area (TPSA) is 21.3 Å². The normalized spacial score (nSPS) is 21.4. The maximum absolute atomic E-state index is 13.1. The van der Waals surface area contributed by atoms with E-state index in [9.17, 15) is 4.39 Å². The Morgan fingerprint density at radius 3 is 3.12 bits per heavy atom. The quantitative estimate of drug-likeness (QED) is 0.823. The molecule has 0 radical (unpaired) electrons. The molecule has 0 saturated carbocycles. The number of morpholine rings is 1. The van der Waals surface area contributed by atoms with Gasteiger partial charge in [-0.15, -0.1) is 11.3 Å². The lowest BCUT2D eigenvalue weighted by molar-refractivity contribution is 0.0779. The van der Waals surface area contributed by atoms with E-state index >= 15 is 0 Å². The van der Waals surface area contributed by atoms with Crippen LogP contribution in [-0.2, 0) is 4.74 Å². The van der Waals surface area contributed by atoms with E-state index in [0.717, 1.165) is 23.2 Å². The second kappa shape index (κ2) is 4.13. The van der Waals surface area contributed by atoms with Crippen LogP contribution in [0.15, 0.2) is 24.3 Å². The van der Waals surface area contributed by atoms with Crippen LogP contribution in [0, 0.1) is 5.82 Å². The highest BCUT2D eigenvalue weighted by molar-refractivity contribution is 7.19. The van der Waals surface area contributed by atoms with Crippen molar-refractivity contribution < 1.29 is 9.13 Å². The van der Waals surface area contributed by atoms with E-state index in [4.69, 9.17) is 4.74 Å². The van der Waals surface area contributed by atoms with E-state index in [-0.39, 0.29) is 11.9 Å². The molecule has 16 heavy (non-hydrogen) atoms. The van der Waals surface area contributed by atoms with Gasteiger partial charge in [0.1, 0.15) is 5.82 Å². The predicted octanol–water partition coefficient (Wildman–Crippen LogP) is 2.70. The maximum atomic E-state index is 13.1. The van der Waals surface area contributed by atoms with Gasteiger partial charge in [-0.25, -0.2) is 4.39 Å². The molecular formula is C12H12FNOS. The van der Waals surface area contributed by atoms with E-state index in [2.05, 4.69) is 11.4 Å². The summed E-state index contributed by atoms with van der Waals surface area (Å²) in [6, 6.07) is 7.24. The smallest absolute Gasteiger partial charge is 0.123 e. The van der Waals surface area contributed by atoms with Crippen LogP contribution in [0.1, 0.15) is 10.9 Å². The Hall–Kier alpha value is -0.970. The van der Waals surface area contributed by atoms with Crippen molar-refractivity contribution >= 4 is 21.4 Å². The molecule has 1 unspecified atom stereocenters. The standard InChI is InChI=1S/C12H12FNOS/c13-9-1-2-11-8(5-9)6-12(16-11)10-7-15-4-3-14-10/h1-2,5-6,10,14H,3-4,7H2. The van der Waals surface area contributed by atoms with Crippen LogP contribution in [0.3, 0.4) is 0 Å². The number of hydrogen-bond donors (Lipinski definition) is 1. The Bertz CT molecular complexity index is 505. The first-order valence-electron chi connectivity index (χ1n) is 5.33. The van der Waals surface area contributed by atoms with E-state index in [1.54, 1.807) is 17.4 Å². The molecular weight excluding hydrogens is 225 g/mol. The van der Waals surface area contributed by atoms with Crippen LogP contribution in [0.4, 0.5) is 4.39 Å². The molecule has 1 aromatic heterocycles. The van der Waals surface area contributed by atoms with Crippen molar-refractivity contribution in [2.45, 2.75) is 6.04 Å². The number of hydrogen-bond acceptors (Lipinski definition) is 3. The highest BCUT2D eigenvalue weighted by Crippen LogP contribution is 2.31. The summed E-state index contributed by atoms with van der Waals surface area (Å²) in [6.45, 7) is 2.36. The third-order valence-electron chi connectivity index (χ3n) is 2.76. The molecule has 3 rings (SSSR count). The lowest BCUT2D eigenvalue weighted by Crippen LogP contribution is -2.33. The first-order valence-corrected chi connectivity index (χ1v) is 6.15. The van der Waals surface area contributed by atoms with E-state index in [0.29, 0.717) is 6.61 Å². The first-order chi connectivity index (χ1) is 7.83. The maximum Gasteiger partial charge on any atom is 0.123 e. The fraction of sp³-hybridized carbons (Fsp3) is 0.333. The average molecular weight is 237 g/mol. The van der Waals surface area contributed by atoms with Crippen LogP contribution in [-0.4, -0.2) is 19.8 Å². The van der Waals surface area contributed by atoms with Gasteiger partial charge in [0, 0.05) is 16.1 Å². The van der Waals surface area contributed by atoms with Crippen molar-refractivity contribution in [2.24, 2.45) is 0 Å². The molecule has 1 aliphatic heterocycles. The molecule has 4 heteroatoms. The van der Waals surface area contributed by atoms with Crippen LogP contribution >= 0.6 is 11.3 Å². The van der Waals surface area contributed by atoms with Gasteiger partial charge in [-0.1, -0.05) is 0 Å². The Labute approximate surface area is 97.0 Å². The zero-order valence-corrected chi connectivity index (χ0v) is 9.52. The zero-order valence-electron chi connectivity index (χ0n) is 8.70. The molecule has 1 N–H and O–H groups in total. The van der Waals surface area contributed by atoms with Gasteiger partial charge in [0.2, 0.25) is 0 Å². The lowest BCUT2D eigenvalue weighted by atomic mass is 10.2. The fourth-order valence-electron chi connectivity index (χ4n) is 1.95. The minimum atomic E-state index is -0.176. The number of nitrogens with one attached hydrogen (secondary N) is 1. The molecule has 0 aliphatic carbocycles. The minimum Gasteiger partial charge on any atom is -0.378 e. The van der Waals surface area contributed by atoms with Crippen molar-refractivity contribution in [2.75, 3.05) is 19.8 Å². The molecule has 1 saturated heterocycles. The zero-order chi connectivity index (χ0) is 11.0. The summed E-state index contributed by atoms with van der Waals surface area (Å²) in [6.07, 6.45) is 0. The Balaban J connectivity index is 1.97. The summed E-state index contributed by atoms with van der Waals surface area (Å²) in [5.74, 6) is -0.176. The van der Waals surface area contributed by atoms with Crippen molar-refractivity contribution in [1.29, 1.82) is 0 Å². The second-order valence-electron chi connectivity index (χ2n) is 3.91. The van der Waals surface area contributed by atoms with Gasteiger partial charge in [-0.3, -0.25) is 0 Å². The van der Waals surface area contributed by atoms with Crippen molar-refractivity contribution in [3.05, 3.63) is 35.0 Å². The molecule has 1 fully saturated rings.